The summed E-state index contributed by atoms with van der Waals surface area (Å²) in [6.45, 7) is 1.64. The second-order valence-corrected chi connectivity index (χ2v) is 7.54. The summed E-state index contributed by atoms with van der Waals surface area (Å²) < 4.78 is 40.0. The molecule has 0 saturated heterocycles. The highest BCUT2D eigenvalue weighted by molar-refractivity contribution is 7.89. The zero-order valence-electron chi connectivity index (χ0n) is 12.1. The Morgan fingerprint density at radius 1 is 1.15 bits per heavy atom. The minimum absolute atomic E-state index is 0.0620. The van der Waals surface area contributed by atoms with Gasteiger partial charge >= 0.3 is 0 Å². The molecule has 0 aromatic heterocycles. The number of rotatable bonds is 3. The standard InChI is InChI=1S/C15H22FNO2S/c1-12-11-13(16)9-10-15(12)20(18,19)17(2)14-7-5-3-4-6-8-14/h9-11,14H,3-8H2,1-2H3. The van der Waals surface area contributed by atoms with E-state index in [4.69, 9.17) is 0 Å². The second kappa shape index (κ2) is 6.22. The molecule has 0 heterocycles. The highest BCUT2D eigenvalue weighted by Crippen LogP contribution is 2.27. The Kier molecular flexibility index (Phi) is 4.81. The van der Waals surface area contributed by atoms with Crippen LogP contribution in [0.3, 0.4) is 0 Å². The van der Waals surface area contributed by atoms with Crippen LogP contribution in [0.2, 0.25) is 0 Å². The summed E-state index contributed by atoms with van der Waals surface area (Å²) in [6, 6.07) is 3.91. The molecule has 0 unspecified atom stereocenters. The van der Waals surface area contributed by atoms with Crippen molar-refractivity contribution in [2.24, 2.45) is 0 Å². The van der Waals surface area contributed by atoms with Crippen LogP contribution in [-0.2, 0) is 10.0 Å². The van der Waals surface area contributed by atoms with Crippen molar-refractivity contribution in [1.82, 2.24) is 4.31 Å². The van der Waals surface area contributed by atoms with E-state index in [-0.39, 0.29) is 10.9 Å². The number of hydrogen-bond acceptors (Lipinski definition) is 2. The molecule has 1 fully saturated rings. The summed E-state index contributed by atoms with van der Waals surface area (Å²) in [5.74, 6) is -0.404. The first kappa shape index (κ1) is 15.4. The summed E-state index contributed by atoms with van der Waals surface area (Å²) in [7, 11) is -1.89. The van der Waals surface area contributed by atoms with E-state index in [1.807, 2.05) is 0 Å². The molecule has 1 saturated carbocycles. The van der Waals surface area contributed by atoms with E-state index in [9.17, 15) is 12.8 Å². The third-order valence-electron chi connectivity index (χ3n) is 4.13. The number of aryl methyl sites for hydroxylation is 1. The predicted octanol–water partition coefficient (Wildman–Crippen LogP) is 3.48. The Balaban J connectivity index is 2.28. The number of sulfonamides is 1. The third kappa shape index (κ3) is 3.20. The van der Waals surface area contributed by atoms with Crippen molar-refractivity contribution in [2.45, 2.75) is 56.4 Å². The molecule has 0 spiro atoms. The topological polar surface area (TPSA) is 37.4 Å². The Hall–Kier alpha value is -0.940. The van der Waals surface area contributed by atoms with Crippen LogP contribution < -0.4 is 0 Å². The van der Waals surface area contributed by atoms with E-state index in [0.29, 0.717) is 5.56 Å². The third-order valence-corrected chi connectivity index (χ3v) is 6.20. The average Bonchev–Trinajstić information content (AvgIpc) is 2.66. The van der Waals surface area contributed by atoms with Gasteiger partial charge in [0.05, 0.1) is 4.90 Å². The molecular formula is C15H22FNO2S. The molecular weight excluding hydrogens is 277 g/mol. The first-order valence-electron chi connectivity index (χ1n) is 7.17. The van der Waals surface area contributed by atoms with Gasteiger partial charge in [0.2, 0.25) is 10.0 Å². The molecule has 0 atom stereocenters. The molecule has 1 aromatic carbocycles. The fourth-order valence-electron chi connectivity index (χ4n) is 2.88. The first-order valence-corrected chi connectivity index (χ1v) is 8.61. The lowest BCUT2D eigenvalue weighted by Crippen LogP contribution is -2.37. The van der Waals surface area contributed by atoms with E-state index in [0.717, 1.165) is 25.7 Å². The lowest BCUT2D eigenvalue weighted by Gasteiger charge is -2.27. The van der Waals surface area contributed by atoms with E-state index >= 15 is 0 Å². The quantitative estimate of drug-likeness (QED) is 0.801. The largest absolute Gasteiger partial charge is 0.243 e. The van der Waals surface area contributed by atoms with Crippen LogP contribution >= 0.6 is 0 Å². The number of nitrogens with zero attached hydrogens (tertiary/aromatic N) is 1. The molecule has 5 heteroatoms. The van der Waals surface area contributed by atoms with Crippen molar-refractivity contribution >= 4 is 10.0 Å². The SMILES string of the molecule is Cc1cc(F)ccc1S(=O)(=O)N(C)C1CCCCCC1. The van der Waals surface area contributed by atoms with Crippen molar-refractivity contribution in [2.75, 3.05) is 7.05 Å². The second-order valence-electron chi connectivity index (χ2n) is 5.58. The van der Waals surface area contributed by atoms with Crippen LogP contribution in [0, 0.1) is 12.7 Å². The maximum Gasteiger partial charge on any atom is 0.243 e. The maximum absolute atomic E-state index is 13.1. The van der Waals surface area contributed by atoms with Crippen LogP contribution in [0.1, 0.15) is 44.1 Å². The van der Waals surface area contributed by atoms with Crippen LogP contribution in [0.4, 0.5) is 4.39 Å². The monoisotopic (exact) mass is 299 g/mol. The molecule has 2 rings (SSSR count). The number of benzene rings is 1. The molecule has 112 valence electrons. The zero-order valence-corrected chi connectivity index (χ0v) is 12.9. The van der Waals surface area contributed by atoms with Gasteiger partial charge in [0, 0.05) is 13.1 Å². The fourth-order valence-corrected chi connectivity index (χ4v) is 4.49. The summed E-state index contributed by atoms with van der Waals surface area (Å²) in [4.78, 5) is 0.214. The van der Waals surface area contributed by atoms with Gasteiger partial charge in [0.25, 0.3) is 0 Å². The summed E-state index contributed by atoms with van der Waals surface area (Å²) in [5.41, 5.74) is 0.463. The van der Waals surface area contributed by atoms with Gasteiger partial charge in [-0.3, -0.25) is 0 Å². The lowest BCUT2D eigenvalue weighted by molar-refractivity contribution is 0.335. The lowest BCUT2D eigenvalue weighted by atomic mass is 10.1. The smallest absolute Gasteiger partial charge is 0.207 e. The van der Waals surface area contributed by atoms with Gasteiger partial charge in [-0.25, -0.2) is 12.8 Å². The molecule has 0 N–H and O–H groups in total. The van der Waals surface area contributed by atoms with Gasteiger partial charge in [-0.15, -0.1) is 0 Å². The van der Waals surface area contributed by atoms with E-state index in [2.05, 4.69) is 0 Å². The zero-order chi connectivity index (χ0) is 14.8. The Labute approximate surface area is 120 Å². The van der Waals surface area contributed by atoms with Crippen LogP contribution in [0.5, 0.6) is 0 Å². The molecule has 0 radical (unpaired) electrons. The van der Waals surface area contributed by atoms with E-state index < -0.39 is 15.8 Å². The minimum Gasteiger partial charge on any atom is -0.207 e. The van der Waals surface area contributed by atoms with Crippen molar-refractivity contribution in [1.29, 1.82) is 0 Å². The molecule has 1 aliphatic rings. The van der Waals surface area contributed by atoms with Crippen molar-refractivity contribution in [3.63, 3.8) is 0 Å². The van der Waals surface area contributed by atoms with E-state index in [1.54, 1.807) is 14.0 Å². The summed E-state index contributed by atoms with van der Waals surface area (Å²) in [5, 5.41) is 0. The number of halogens is 1. The normalized spacial score (nSPS) is 18.2. The summed E-state index contributed by atoms with van der Waals surface area (Å²) >= 11 is 0. The Morgan fingerprint density at radius 3 is 2.30 bits per heavy atom. The van der Waals surface area contributed by atoms with Gasteiger partial charge < -0.3 is 0 Å². The predicted molar refractivity (Wildman–Crippen MR) is 77.6 cm³/mol. The van der Waals surface area contributed by atoms with Crippen LogP contribution in [0.25, 0.3) is 0 Å². The van der Waals surface area contributed by atoms with Gasteiger partial charge in [0.15, 0.2) is 0 Å². The Morgan fingerprint density at radius 2 is 1.75 bits per heavy atom. The average molecular weight is 299 g/mol. The molecule has 1 aliphatic carbocycles. The summed E-state index contributed by atoms with van der Waals surface area (Å²) in [6.07, 6.45) is 6.34. The first-order chi connectivity index (χ1) is 9.43. The van der Waals surface area contributed by atoms with Gasteiger partial charge in [0.1, 0.15) is 5.82 Å². The van der Waals surface area contributed by atoms with Crippen molar-refractivity contribution < 1.29 is 12.8 Å². The highest BCUT2D eigenvalue weighted by Gasteiger charge is 2.29. The van der Waals surface area contributed by atoms with Gasteiger partial charge in [-0.2, -0.15) is 4.31 Å². The molecule has 1 aromatic rings. The maximum atomic E-state index is 13.1. The van der Waals surface area contributed by atoms with Crippen LogP contribution in [-0.4, -0.2) is 25.8 Å². The van der Waals surface area contributed by atoms with Gasteiger partial charge in [-0.1, -0.05) is 25.7 Å². The molecule has 20 heavy (non-hydrogen) atoms. The van der Waals surface area contributed by atoms with Crippen molar-refractivity contribution in [3.8, 4) is 0 Å². The molecule has 3 nitrogen and oxygen atoms in total. The fraction of sp³-hybridized carbons (Fsp3) is 0.600. The minimum atomic E-state index is -3.54. The van der Waals surface area contributed by atoms with Crippen molar-refractivity contribution in [3.05, 3.63) is 29.6 Å². The molecule has 0 aliphatic heterocycles. The molecule has 0 amide bonds. The van der Waals surface area contributed by atoms with E-state index in [1.165, 1.54) is 35.3 Å². The molecule has 0 bridgehead atoms. The van der Waals surface area contributed by atoms with Gasteiger partial charge in [-0.05, 0) is 43.5 Å². The Bertz CT molecular complexity index is 563. The van der Waals surface area contributed by atoms with Crippen LogP contribution in [0.15, 0.2) is 23.1 Å². The highest BCUT2D eigenvalue weighted by atomic mass is 32.2. The number of hydrogen-bond donors (Lipinski definition) is 0.